The Balaban J connectivity index is 1.91. The Morgan fingerprint density at radius 3 is 2.26 bits per heavy atom. The van der Waals surface area contributed by atoms with Gasteiger partial charge in [-0.3, -0.25) is 5.10 Å². The molecule has 126 valence electrons. The van der Waals surface area contributed by atoms with Crippen LogP contribution in [0.15, 0.2) is 30.5 Å². The van der Waals surface area contributed by atoms with Crippen molar-refractivity contribution in [3.05, 3.63) is 52.8 Å². The molecule has 0 bridgehead atoms. The van der Waals surface area contributed by atoms with Gasteiger partial charge in [0.25, 0.3) is 0 Å². The molecule has 23 heavy (non-hydrogen) atoms. The summed E-state index contributed by atoms with van der Waals surface area (Å²) in [5.74, 6) is 0.0880. The number of aromatic amines is 1. The predicted molar refractivity (Wildman–Crippen MR) is 92.8 cm³/mol. The van der Waals surface area contributed by atoms with Crippen molar-refractivity contribution in [2.45, 2.75) is 45.0 Å². The molecule has 0 aliphatic heterocycles. The van der Waals surface area contributed by atoms with Crippen LogP contribution in [0.1, 0.15) is 43.2 Å². The van der Waals surface area contributed by atoms with Crippen LogP contribution >= 0.6 is 0 Å². The van der Waals surface area contributed by atoms with Gasteiger partial charge >= 0.3 is 0 Å². The van der Waals surface area contributed by atoms with Crippen LogP contribution in [-0.2, 0) is 34.1 Å². The van der Waals surface area contributed by atoms with Crippen LogP contribution < -0.4 is 5.32 Å². The SMILES string of the molecule is CC(C)(C)c1[nH]ncc1CNCc1ccc(CS(C)(=O)=O)cc1. The van der Waals surface area contributed by atoms with Crippen LogP contribution in [-0.4, -0.2) is 24.9 Å². The molecule has 1 aromatic carbocycles. The van der Waals surface area contributed by atoms with E-state index >= 15 is 0 Å². The fourth-order valence-corrected chi connectivity index (χ4v) is 3.29. The minimum atomic E-state index is -2.98. The summed E-state index contributed by atoms with van der Waals surface area (Å²) in [6.45, 7) is 7.95. The molecule has 0 amide bonds. The molecule has 5 nitrogen and oxygen atoms in total. The van der Waals surface area contributed by atoms with E-state index in [4.69, 9.17) is 0 Å². The quantitative estimate of drug-likeness (QED) is 0.851. The third kappa shape index (κ3) is 5.48. The van der Waals surface area contributed by atoms with Gasteiger partial charge in [0.2, 0.25) is 0 Å². The highest BCUT2D eigenvalue weighted by atomic mass is 32.2. The fraction of sp³-hybridized carbons (Fsp3) is 0.471. The van der Waals surface area contributed by atoms with Gasteiger partial charge in [0.15, 0.2) is 9.84 Å². The van der Waals surface area contributed by atoms with Crippen molar-refractivity contribution in [3.8, 4) is 0 Å². The maximum atomic E-state index is 11.3. The molecule has 2 rings (SSSR count). The Labute approximate surface area is 138 Å². The highest BCUT2D eigenvalue weighted by Crippen LogP contribution is 2.23. The molecule has 0 atom stereocenters. The second-order valence-electron chi connectivity index (χ2n) is 7.01. The lowest BCUT2D eigenvalue weighted by molar-refractivity contribution is 0.553. The van der Waals surface area contributed by atoms with E-state index < -0.39 is 9.84 Å². The van der Waals surface area contributed by atoms with Crippen molar-refractivity contribution in [3.63, 3.8) is 0 Å². The third-order valence-electron chi connectivity index (χ3n) is 3.56. The van der Waals surface area contributed by atoms with Crippen molar-refractivity contribution >= 4 is 9.84 Å². The minimum Gasteiger partial charge on any atom is -0.308 e. The molecule has 0 saturated carbocycles. The van der Waals surface area contributed by atoms with Gasteiger partial charge < -0.3 is 5.32 Å². The minimum absolute atomic E-state index is 0.0425. The van der Waals surface area contributed by atoms with Gasteiger partial charge in [-0.2, -0.15) is 5.10 Å². The van der Waals surface area contributed by atoms with Crippen molar-refractivity contribution in [1.82, 2.24) is 15.5 Å². The molecule has 6 heteroatoms. The summed E-state index contributed by atoms with van der Waals surface area (Å²) in [4.78, 5) is 0. The van der Waals surface area contributed by atoms with E-state index in [1.165, 1.54) is 11.8 Å². The summed E-state index contributed by atoms with van der Waals surface area (Å²) in [6, 6.07) is 7.67. The number of aromatic nitrogens is 2. The van der Waals surface area contributed by atoms with Crippen LogP contribution in [0.25, 0.3) is 0 Å². The summed E-state index contributed by atoms with van der Waals surface area (Å²) in [5.41, 5.74) is 4.31. The highest BCUT2D eigenvalue weighted by molar-refractivity contribution is 7.89. The summed E-state index contributed by atoms with van der Waals surface area (Å²) in [6.07, 6.45) is 3.11. The normalized spacial score (nSPS) is 12.5. The average Bonchev–Trinajstić information content (AvgIpc) is 2.87. The van der Waals surface area contributed by atoms with Gasteiger partial charge in [-0.05, 0) is 11.1 Å². The molecule has 0 aliphatic rings. The van der Waals surface area contributed by atoms with E-state index in [9.17, 15) is 8.42 Å². The number of nitrogens with one attached hydrogen (secondary N) is 2. The number of sulfone groups is 1. The highest BCUT2D eigenvalue weighted by Gasteiger charge is 2.19. The first-order chi connectivity index (χ1) is 10.6. The first-order valence-electron chi connectivity index (χ1n) is 7.64. The third-order valence-corrected chi connectivity index (χ3v) is 4.42. The standard InChI is InChI=1S/C17H25N3O2S/c1-17(2,3)16-15(11-19-20-16)10-18-9-13-5-7-14(8-6-13)12-23(4,21)22/h5-8,11,18H,9-10,12H2,1-4H3,(H,19,20). The molecule has 1 heterocycles. The van der Waals surface area contributed by atoms with E-state index in [1.54, 1.807) is 0 Å². The Kier molecular flexibility index (Phi) is 5.26. The van der Waals surface area contributed by atoms with Crippen molar-refractivity contribution < 1.29 is 8.42 Å². The summed E-state index contributed by atoms with van der Waals surface area (Å²) in [7, 11) is -2.98. The Hall–Kier alpha value is -1.66. The number of nitrogens with zero attached hydrogens (tertiary/aromatic N) is 1. The molecule has 2 aromatic rings. The van der Waals surface area contributed by atoms with Gasteiger partial charge in [-0.1, -0.05) is 45.0 Å². The zero-order chi connectivity index (χ0) is 17.1. The smallest absolute Gasteiger partial charge is 0.151 e. The lowest BCUT2D eigenvalue weighted by Crippen LogP contribution is -2.19. The first-order valence-corrected chi connectivity index (χ1v) is 9.70. The fourth-order valence-electron chi connectivity index (χ4n) is 2.49. The molecule has 2 N–H and O–H groups in total. The van der Waals surface area contributed by atoms with E-state index in [-0.39, 0.29) is 11.2 Å². The molecule has 0 saturated heterocycles. The van der Waals surface area contributed by atoms with Crippen molar-refractivity contribution in [2.24, 2.45) is 0 Å². The molecule has 1 aromatic heterocycles. The molecule has 0 radical (unpaired) electrons. The number of hydrogen-bond acceptors (Lipinski definition) is 4. The van der Waals surface area contributed by atoms with Crippen LogP contribution in [0.4, 0.5) is 0 Å². The molecule has 0 fully saturated rings. The van der Waals surface area contributed by atoms with Crippen molar-refractivity contribution in [2.75, 3.05) is 6.26 Å². The first kappa shape index (κ1) is 17.7. The van der Waals surface area contributed by atoms with E-state index in [1.807, 2.05) is 30.5 Å². The van der Waals surface area contributed by atoms with Gasteiger partial charge in [0, 0.05) is 36.0 Å². The van der Waals surface area contributed by atoms with Gasteiger partial charge in [-0.15, -0.1) is 0 Å². The van der Waals surface area contributed by atoms with Gasteiger partial charge in [0.1, 0.15) is 0 Å². The summed E-state index contributed by atoms with van der Waals surface area (Å²) < 4.78 is 22.6. The summed E-state index contributed by atoms with van der Waals surface area (Å²) >= 11 is 0. The monoisotopic (exact) mass is 335 g/mol. The van der Waals surface area contributed by atoms with E-state index in [2.05, 4.69) is 36.3 Å². The maximum Gasteiger partial charge on any atom is 0.151 e. The van der Waals surface area contributed by atoms with Crippen LogP contribution in [0.5, 0.6) is 0 Å². The van der Waals surface area contributed by atoms with Crippen LogP contribution in [0.2, 0.25) is 0 Å². The van der Waals surface area contributed by atoms with E-state index in [0.29, 0.717) is 0 Å². The maximum absolute atomic E-state index is 11.3. The van der Waals surface area contributed by atoms with Crippen LogP contribution in [0.3, 0.4) is 0 Å². The zero-order valence-electron chi connectivity index (χ0n) is 14.2. The van der Waals surface area contributed by atoms with E-state index in [0.717, 1.165) is 29.9 Å². The largest absolute Gasteiger partial charge is 0.308 e. The molecule has 0 aliphatic carbocycles. The second-order valence-corrected chi connectivity index (χ2v) is 9.15. The topological polar surface area (TPSA) is 74.8 Å². The Bertz CT molecular complexity index is 741. The number of rotatable bonds is 6. The van der Waals surface area contributed by atoms with Gasteiger partial charge in [-0.25, -0.2) is 8.42 Å². The second kappa shape index (κ2) is 6.84. The van der Waals surface area contributed by atoms with Crippen LogP contribution in [0, 0.1) is 0 Å². The molecular formula is C17H25N3O2S. The molecule has 0 unspecified atom stereocenters. The van der Waals surface area contributed by atoms with Crippen molar-refractivity contribution in [1.29, 1.82) is 0 Å². The molecule has 0 spiro atoms. The number of H-pyrrole nitrogens is 1. The lowest BCUT2D eigenvalue weighted by atomic mass is 9.89. The van der Waals surface area contributed by atoms with Gasteiger partial charge in [0.05, 0.1) is 11.9 Å². The summed E-state index contributed by atoms with van der Waals surface area (Å²) in [5, 5.41) is 10.6. The predicted octanol–water partition coefficient (Wildman–Crippen LogP) is 2.54. The Morgan fingerprint density at radius 1 is 1.09 bits per heavy atom. The Morgan fingerprint density at radius 2 is 1.70 bits per heavy atom. The molecular weight excluding hydrogens is 310 g/mol. The zero-order valence-corrected chi connectivity index (χ0v) is 15.0. The number of hydrogen-bond donors (Lipinski definition) is 2. The average molecular weight is 335 g/mol. The number of benzene rings is 1. The lowest BCUT2D eigenvalue weighted by Gasteiger charge is -2.18.